The van der Waals surface area contributed by atoms with Crippen molar-refractivity contribution in [3.05, 3.63) is 190 Å². The Bertz CT molecular complexity index is 2760. The van der Waals surface area contributed by atoms with E-state index in [1.54, 1.807) is 0 Å². The molecule has 55 heavy (non-hydrogen) atoms. The van der Waals surface area contributed by atoms with Crippen LogP contribution in [0.4, 0.5) is 11.4 Å². The van der Waals surface area contributed by atoms with Crippen LogP contribution in [-0.4, -0.2) is 11.3 Å². The third kappa shape index (κ3) is 5.82. The molecule has 2 aliphatic heterocycles. The minimum Gasteiger partial charge on any atom is -0.375 e. The summed E-state index contributed by atoms with van der Waals surface area (Å²) in [6, 6.07) is 58.0. The predicted molar refractivity (Wildman–Crippen MR) is 238 cm³/mol. The number of nitrogens with one attached hydrogen (secondary N) is 1. The zero-order valence-corrected chi connectivity index (χ0v) is 32.2. The molecule has 0 unspecified atom stereocenters. The fraction of sp³-hybridized carbons (Fsp3) is 0. The lowest BCUT2D eigenvalue weighted by atomic mass is 9.45. The normalized spacial score (nSPS) is 12.0. The van der Waals surface area contributed by atoms with Gasteiger partial charge in [-0.2, -0.15) is 0 Å². The van der Waals surface area contributed by atoms with Crippen molar-refractivity contribution in [2.45, 2.75) is 0 Å². The summed E-state index contributed by atoms with van der Waals surface area (Å²) in [5.41, 5.74) is 16.4. The van der Waals surface area contributed by atoms with Gasteiger partial charge >= 0.3 is 6.85 Å². The van der Waals surface area contributed by atoms with Gasteiger partial charge in [0.15, 0.2) is 0 Å². The molecule has 262 valence electrons. The molecule has 0 aliphatic carbocycles. The highest BCUT2D eigenvalue weighted by Gasteiger charge is 2.39. The standard InChI is InChI=1S/C24H12BCl2N.C24H17Cl2N/c26-13-9-17-15-5-1-3-7-21(15)25-22-8-4-2-6-16(22)18-10-14(27)12-20-19(11-13)23(17)28(25)24(18)20;25-19-11-13-23(21(15-19)17-7-3-1-4-8-17)27-24-14-12-20(26)16-22(24)18-9-5-2-6-10-18/h1-12H;1-16,27H. The van der Waals surface area contributed by atoms with Gasteiger partial charge in [-0.1, -0.05) is 156 Å². The van der Waals surface area contributed by atoms with E-state index in [1.807, 2.05) is 72.8 Å². The van der Waals surface area contributed by atoms with E-state index < -0.39 is 0 Å². The smallest absolute Gasteiger partial charge is 0.329 e. The SMILES string of the molecule is Clc1cc2c3c(c1)c1cc(Cl)cc4c1n3B(c1ccccc1-2)c1ccccc1-4.Clc1ccc(Nc2ccc(Cl)cc2-c2ccccc2)c(-c2ccccc2)c1. The highest BCUT2D eigenvalue weighted by Crippen LogP contribution is 2.46. The van der Waals surface area contributed by atoms with Crippen molar-refractivity contribution >= 4 is 97.4 Å². The van der Waals surface area contributed by atoms with Crippen LogP contribution in [0.5, 0.6) is 0 Å². The Morgan fingerprint density at radius 2 is 0.764 bits per heavy atom. The maximum Gasteiger partial charge on any atom is 0.329 e. The molecular weight excluding hydrogens is 757 g/mol. The van der Waals surface area contributed by atoms with Gasteiger partial charge in [0, 0.05) is 75.5 Å². The number of halogens is 4. The lowest BCUT2D eigenvalue weighted by molar-refractivity contribution is 1.31. The van der Waals surface area contributed by atoms with Crippen LogP contribution in [0.15, 0.2) is 170 Å². The molecule has 9 aromatic rings. The van der Waals surface area contributed by atoms with Crippen molar-refractivity contribution in [2.75, 3.05) is 5.32 Å². The zero-order chi connectivity index (χ0) is 37.2. The molecule has 2 nitrogen and oxygen atoms in total. The van der Waals surface area contributed by atoms with Crippen molar-refractivity contribution in [1.29, 1.82) is 0 Å². The Labute approximate surface area is 339 Å². The molecule has 0 saturated heterocycles. The van der Waals surface area contributed by atoms with E-state index in [4.69, 9.17) is 46.4 Å². The summed E-state index contributed by atoms with van der Waals surface area (Å²) < 4.78 is 2.51. The first-order valence-corrected chi connectivity index (χ1v) is 19.6. The highest BCUT2D eigenvalue weighted by molar-refractivity contribution is 6.88. The largest absolute Gasteiger partial charge is 0.375 e. The van der Waals surface area contributed by atoms with Crippen molar-refractivity contribution in [3.8, 4) is 44.5 Å². The summed E-state index contributed by atoms with van der Waals surface area (Å²) in [4.78, 5) is 0. The summed E-state index contributed by atoms with van der Waals surface area (Å²) in [6.07, 6.45) is 0. The third-order valence-corrected chi connectivity index (χ3v) is 11.6. The Kier molecular flexibility index (Phi) is 8.50. The second-order valence-corrected chi connectivity index (χ2v) is 15.6. The van der Waals surface area contributed by atoms with E-state index in [1.165, 1.54) is 55.0 Å². The van der Waals surface area contributed by atoms with Crippen LogP contribution in [0.2, 0.25) is 20.1 Å². The molecule has 0 saturated carbocycles. The minimum absolute atomic E-state index is 0.162. The zero-order valence-electron chi connectivity index (χ0n) is 29.2. The second kappa shape index (κ2) is 13.7. The van der Waals surface area contributed by atoms with E-state index in [2.05, 4.69) is 107 Å². The number of hydrogen-bond acceptors (Lipinski definition) is 1. The van der Waals surface area contributed by atoms with Crippen LogP contribution in [-0.2, 0) is 0 Å². The van der Waals surface area contributed by atoms with Crippen LogP contribution < -0.4 is 16.2 Å². The first-order valence-electron chi connectivity index (χ1n) is 18.1. The lowest BCUT2D eigenvalue weighted by Crippen LogP contribution is -2.53. The molecule has 0 fully saturated rings. The molecule has 0 radical (unpaired) electrons. The molecule has 8 aromatic carbocycles. The van der Waals surface area contributed by atoms with Crippen molar-refractivity contribution < 1.29 is 0 Å². The second-order valence-electron chi connectivity index (χ2n) is 13.9. The van der Waals surface area contributed by atoms with Gasteiger partial charge in [0.25, 0.3) is 0 Å². The maximum atomic E-state index is 6.58. The Balaban J connectivity index is 0.000000136. The third-order valence-electron chi connectivity index (χ3n) is 10.7. The predicted octanol–water partition coefficient (Wildman–Crippen LogP) is 13.8. The fourth-order valence-electron chi connectivity index (χ4n) is 8.43. The molecule has 1 aromatic heterocycles. The molecule has 0 atom stereocenters. The topological polar surface area (TPSA) is 17.0 Å². The first kappa shape index (κ1) is 34.1. The Hall–Kier alpha value is -5.42. The van der Waals surface area contributed by atoms with E-state index in [0.717, 1.165) is 43.7 Å². The number of fused-ring (bicyclic) bond motifs is 7. The number of benzene rings is 8. The number of aromatic nitrogens is 1. The van der Waals surface area contributed by atoms with Crippen LogP contribution in [0.3, 0.4) is 0 Å². The van der Waals surface area contributed by atoms with Crippen LogP contribution in [0, 0.1) is 0 Å². The van der Waals surface area contributed by atoms with Gasteiger partial charge in [-0.25, -0.2) is 0 Å². The number of anilines is 2. The molecule has 0 bridgehead atoms. The lowest BCUT2D eigenvalue weighted by Gasteiger charge is -2.32. The van der Waals surface area contributed by atoms with E-state index in [0.29, 0.717) is 10.0 Å². The summed E-state index contributed by atoms with van der Waals surface area (Å²) in [5.74, 6) is 0. The molecule has 0 amide bonds. The summed E-state index contributed by atoms with van der Waals surface area (Å²) in [6.45, 7) is 0.162. The summed E-state index contributed by atoms with van der Waals surface area (Å²) >= 11 is 25.7. The van der Waals surface area contributed by atoms with Crippen molar-refractivity contribution in [1.82, 2.24) is 4.48 Å². The highest BCUT2D eigenvalue weighted by atomic mass is 35.5. The van der Waals surface area contributed by atoms with Gasteiger partial charge in [0.05, 0.1) is 0 Å². The van der Waals surface area contributed by atoms with Gasteiger partial charge in [-0.3, -0.25) is 0 Å². The van der Waals surface area contributed by atoms with Crippen molar-refractivity contribution in [2.24, 2.45) is 0 Å². The number of rotatable bonds is 4. The molecular formula is C48H29BCl4N2. The fourth-order valence-corrected chi connectivity index (χ4v) is 9.21. The van der Waals surface area contributed by atoms with Gasteiger partial charge in [-0.05, 0) is 93.8 Å². The average Bonchev–Trinajstić information content (AvgIpc) is 3.54. The van der Waals surface area contributed by atoms with Gasteiger partial charge < -0.3 is 9.79 Å². The maximum absolute atomic E-state index is 6.58. The van der Waals surface area contributed by atoms with E-state index in [-0.39, 0.29) is 6.85 Å². The Morgan fingerprint density at radius 1 is 0.364 bits per heavy atom. The Morgan fingerprint density at radius 3 is 1.22 bits per heavy atom. The number of nitrogens with zero attached hydrogens (tertiary/aromatic N) is 1. The van der Waals surface area contributed by atoms with Crippen LogP contribution >= 0.6 is 46.4 Å². The van der Waals surface area contributed by atoms with E-state index >= 15 is 0 Å². The molecule has 0 spiro atoms. The molecule has 7 heteroatoms. The van der Waals surface area contributed by atoms with Crippen LogP contribution in [0.1, 0.15) is 0 Å². The average molecular weight is 786 g/mol. The van der Waals surface area contributed by atoms with E-state index in [9.17, 15) is 0 Å². The van der Waals surface area contributed by atoms with Crippen molar-refractivity contribution in [3.63, 3.8) is 0 Å². The molecule has 3 heterocycles. The summed E-state index contributed by atoms with van der Waals surface area (Å²) in [7, 11) is 0. The van der Waals surface area contributed by atoms with Crippen LogP contribution in [0.25, 0.3) is 66.3 Å². The minimum atomic E-state index is 0.162. The quantitative estimate of drug-likeness (QED) is 0.176. The molecule has 1 N–H and O–H groups in total. The summed E-state index contributed by atoms with van der Waals surface area (Å²) in [5, 5.41) is 8.85. The number of hydrogen-bond donors (Lipinski definition) is 1. The molecule has 11 rings (SSSR count). The monoisotopic (exact) mass is 784 g/mol. The van der Waals surface area contributed by atoms with Gasteiger partial charge in [0.1, 0.15) is 0 Å². The first-order chi connectivity index (χ1) is 26.9. The molecule has 2 aliphatic rings. The van der Waals surface area contributed by atoms with Gasteiger partial charge in [0.2, 0.25) is 0 Å². The van der Waals surface area contributed by atoms with Gasteiger partial charge in [-0.15, -0.1) is 0 Å².